The predicted molar refractivity (Wildman–Crippen MR) is 48.9 cm³/mol. The Morgan fingerprint density at radius 1 is 1.64 bits per heavy atom. The summed E-state index contributed by atoms with van der Waals surface area (Å²) in [5, 5.41) is 8.53. The maximum Gasteiger partial charge on any atom is 0.356 e. The molecule has 0 fully saturated rings. The number of rotatable bonds is 4. The summed E-state index contributed by atoms with van der Waals surface area (Å²) in [6.07, 6.45) is 3.73. The van der Waals surface area contributed by atoms with E-state index in [0.717, 1.165) is 6.26 Å². The van der Waals surface area contributed by atoms with Crippen molar-refractivity contribution in [3.8, 4) is 0 Å². The van der Waals surface area contributed by atoms with Crippen LogP contribution in [0.25, 0.3) is 0 Å². The Morgan fingerprint density at radius 2 is 2.29 bits per heavy atom. The van der Waals surface area contributed by atoms with Crippen LogP contribution in [0.15, 0.2) is 12.5 Å². The van der Waals surface area contributed by atoms with Crippen molar-refractivity contribution in [2.24, 2.45) is 0 Å². The average Bonchev–Trinajstić information content (AvgIpc) is 2.47. The van der Waals surface area contributed by atoms with Gasteiger partial charge in [-0.15, -0.1) is 0 Å². The third-order valence-corrected chi connectivity index (χ3v) is 2.50. The first-order valence-electron chi connectivity index (χ1n) is 3.81. The highest BCUT2D eigenvalue weighted by atomic mass is 32.2. The molecule has 0 amide bonds. The van der Waals surface area contributed by atoms with Crippen LogP contribution in [0, 0.1) is 0 Å². The molecule has 0 saturated carbocycles. The lowest BCUT2D eigenvalue weighted by Gasteiger charge is -1.98. The summed E-state index contributed by atoms with van der Waals surface area (Å²) in [7, 11) is -3.03. The molecule has 6 nitrogen and oxygen atoms in total. The topological polar surface area (TPSA) is 89.3 Å². The van der Waals surface area contributed by atoms with Gasteiger partial charge < -0.3 is 9.67 Å². The van der Waals surface area contributed by atoms with Crippen LogP contribution in [0.3, 0.4) is 0 Å². The molecule has 0 aliphatic carbocycles. The molecule has 7 heteroatoms. The minimum atomic E-state index is -3.03. The number of carbonyl (C=O) groups is 1. The lowest BCUT2D eigenvalue weighted by Crippen LogP contribution is -2.09. The van der Waals surface area contributed by atoms with E-state index in [-0.39, 0.29) is 18.0 Å². The molecule has 14 heavy (non-hydrogen) atoms. The summed E-state index contributed by atoms with van der Waals surface area (Å²) < 4.78 is 23.0. The number of aromatic nitrogens is 2. The smallest absolute Gasteiger partial charge is 0.356 e. The number of imidazole rings is 1. The van der Waals surface area contributed by atoms with E-state index in [0.29, 0.717) is 0 Å². The summed E-state index contributed by atoms with van der Waals surface area (Å²) >= 11 is 0. The summed E-state index contributed by atoms with van der Waals surface area (Å²) in [4.78, 5) is 14.0. The Kier molecular flexibility index (Phi) is 2.90. The van der Waals surface area contributed by atoms with E-state index in [1.165, 1.54) is 17.1 Å². The molecule has 0 aromatic carbocycles. The molecule has 0 unspecified atom stereocenters. The summed E-state index contributed by atoms with van der Waals surface area (Å²) in [6.45, 7) is 0.221. The molecular formula is C7H10N2O4S. The number of hydrogen-bond donors (Lipinski definition) is 1. The molecule has 78 valence electrons. The van der Waals surface area contributed by atoms with Crippen LogP contribution < -0.4 is 0 Å². The van der Waals surface area contributed by atoms with Gasteiger partial charge in [-0.05, 0) is 0 Å². The molecule has 0 radical (unpaired) electrons. The fourth-order valence-electron chi connectivity index (χ4n) is 0.864. The largest absolute Gasteiger partial charge is 0.476 e. The lowest BCUT2D eigenvalue weighted by atomic mass is 10.5. The van der Waals surface area contributed by atoms with Gasteiger partial charge in [0.1, 0.15) is 9.84 Å². The van der Waals surface area contributed by atoms with Crippen molar-refractivity contribution in [2.75, 3.05) is 12.0 Å². The van der Waals surface area contributed by atoms with E-state index in [2.05, 4.69) is 4.98 Å². The van der Waals surface area contributed by atoms with Crippen LogP contribution >= 0.6 is 0 Å². The second-order valence-corrected chi connectivity index (χ2v) is 5.19. The van der Waals surface area contributed by atoms with Crippen molar-refractivity contribution in [2.45, 2.75) is 6.54 Å². The molecule has 0 atom stereocenters. The minimum absolute atomic E-state index is 0.0254. The molecule has 0 bridgehead atoms. The molecule has 1 N–H and O–H groups in total. The molecule has 0 spiro atoms. The van der Waals surface area contributed by atoms with Gasteiger partial charge in [0.25, 0.3) is 0 Å². The first-order valence-corrected chi connectivity index (χ1v) is 5.87. The number of aryl methyl sites for hydroxylation is 1. The highest BCUT2D eigenvalue weighted by Gasteiger charge is 2.07. The van der Waals surface area contributed by atoms with Gasteiger partial charge >= 0.3 is 5.97 Å². The number of carboxylic acids is 1. The predicted octanol–water partition coefficient (Wildman–Crippen LogP) is -0.374. The molecule has 0 saturated heterocycles. The maximum atomic E-state index is 10.8. The van der Waals surface area contributed by atoms with Crippen molar-refractivity contribution in [1.29, 1.82) is 0 Å². The van der Waals surface area contributed by atoms with Gasteiger partial charge in [-0.1, -0.05) is 0 Å². The quantitative estimate of drug-likeness (QED) is 0.744. The molecule has 1 heterocycles. The highest BCUT2D eigenvalue weighted by molar-refractivity contribution is 7.90. The van der Waals surface area contributed by atoms with Crippen LogP contribution in [0.2, 0.25) is 0 Å². The highest BCUT2D eigenvalue weighted by Crippen LogP contribution is 1.97. The van der Waals surface area contributed by atoms with Gasteiger partial charge in [0.2, 0.25) is 0 Å². The number of hydrogen-bond acceptors (Lipinski definition) is 4. The zero-order chi connectivity index (χ0) is 10.8. The Morgan fingerprint density at radius 3 is 2.71 bits per heavy atom. The van der Waals surface area contributed by atoms with Crippen LogP contribution in [-0.4, -0.2) is 41.1 Å². The summed E-state index contributed by atoms with van der Waals surface area (Å²) in [6, 6.07) is 0. The van der Waals surface area contributed by atoms with E-state index in [1.807, 2.05) is 0 Å². The van der Waals surface area contributed by atoms with Crippen LogP contribution in [-0.2, 0) is 16.4 Å². The van der Waals surface area contributed by atoms with Crippen molar-refractivity contribution in [3.63, 3.8) is 0 Å². The molecular weight excluding hydrogens is 208 g/mol. The van der Waals surface area contributed by atoms with Crippen molar-refractivity contribution >= 4 is 15.8 Å². The van der Waals surface area contributed by atoms with Gasteiger partial charge in [-0.2, -0.15) is 0 Å². The Bertz CT molecular complexity index is 434. The van der Waals surface area contributed by atoms with E-state index < -0.39 is 15.8 Å². The van der Waals surface area contributed by atoms with E-state index in [9.17, 15) is 13.2 Å². The van der Waals surface area contributed by atoms with E-state index >= 15 is 0 Å². The zero-order valence-electron chi connectivity index (χ0n) is 7.54. The molecule has 0 aliphatic rings. The Hall–Kier alpha value is -1.37. The standard InChI is InChI=1S/C7H10N2O4S/c1-14(12,13)3-2-9-4-6(7(10)11)8-5-9/h4-5H,2-3H2,1H3,(H,10,11). The van der Waals surface area contributed by atoms with Crippen LogP contribution in [0.1, 0.15) is 10.5 Å². The molecule has 1 aromatic heterocycles. The maximum absolute atomic E-state index is 10.8. The summed E-state index contributed by atoms with van der Waals surface area (Å²) in [5.41, 5.74) is -0.0847. The number of sulfone groups is 1. The van der Waals surface area contributed by atoms with Gasteiger partial charge in [0, 0.05) is 19.0 Å². The number of carboxylic acid groups (broad SMARTS) is 1. The van der Waals surface area contributed by atoms with Gasteiger partial charge in [-0.3, -0.25) is 0 Å². The second-order valence-electron chi connectivity index (χ2n) is 2.93. The van der Waals surface area contributed by atoms with Gasteiger partial charge in [-0.25, -0.2) is 18.2 Å². The molecule has 1 aromatic rings. The Labute approximate surface area is 81.1 Å². The van der Waals surface area contributed by atoms with Crippen LogP contribution in [0.4, 0.5) is 0 Å². The second kappa shape index (κ2) is 3.79. The lowest BCUT2D eigenvalue weighted by molar-refractivity contribution is 0.0691. The third-order valence-electron chi connectivity index (χ3n) is 1.57. The fourth-order valence-corrected chi connectivity index (χ4v) is 1.41. The van der Waals surface area contributed by atoms with Crippen LogP contribution in [0.5, 0.6) is 0 Å². The molecule has 1 rings (SSSR count). The molecule has 0 aliphatic heterocycles. The van der Waals surface area contributed by atoms with E-state index in [4.69, 9.17) is 5.11 Å². The summed E-state index contributed by atoms with van der Waals surface area (Å²) in [5.74, 6) is -1.15. The minimum Gasteiger partial charge on any atom is -0.476 e. The Balaban J connectivity index is 2.65. The zero-order valence-corrected chi connectivity index (χ0v) is 8.36. The fraction of sp³-hybridized carbons (Fsp3) is 0.429. The van der Waals surface area contributed by atoms with Crippen molar-refractivity contribution in [3.05, 3.63) is 18.2 Å². The van der Waals surface area contributed by atoms with Crippen molar-refractivity contribution in [1.82, 2.24) is 9.55 Å². The van der Waals surface area contributed by atoms with Gasteiger partial charge in [0.05, 0.1) is 12.1 Å². The average molecular weight is 218 g/mol. The number of aromatic carboxylic acids is 1. The first kappa shape index (κ1) is 10.7. The SMILES string of the molecule is CS(=O)(=O)CCn1cnc(C(=O)O)c1. The van der Waals surface area contributed by atoms with E-state index in [1.54, 1.807) is 0 Å². The van der Waals surface area contributed by atoms with Crippen molar-refractivity contribution < 1.29 is 18.3 Å². The number of nitrogens with zero attached hydrogens (tertiary/aromatic N) is 2. The normalized spacial score (nSPS) is 11.5. The van der Waals surface area contributed by atoms with Gasteiger partial charge in [0.15, 0.2) is 5.69 Å². The third kappa shape index (κ3) is 3.17. The first-order chi connectivity index (χ1) is 6.38. The monoisotopic (exact) mass is 218 g/mol.